The zero-order valence-corrected chi connectivity index (χ0v) is 24.8. The summed E-state index contributed by atoms with van der Waals surface area (Å²) in [6, 6.07) is 12.2. The SMILES string of the molecule is COC(=O)COc1cc(OCC(=O)[O-])ccc1-c1nc(-c2ccc(OCC(C)=O)cc2O)nc(-c2ccc(OCC(=O)O)cc2O)n1. The third-order valence-corrected chi connectivity index (χ3v) is 5.98. The predicted molar refractivity (Wildman–Crippen MR) is 157 cm³/mol. The van der Waals surface area contributed by atoms with E-state index >= 15 is 0 Å². The van der Waals surface area contributed by atoms with Crippen LogP contribution in [0.3, 0.4) is 0 Å². The van der Waals surface area contributed by atoms with Gasteiger partial charge in [-0.05, 0) is 43.3 Å². The molecule has 3 N–H and O–H groups in total. The van der Waals surface area contributed by atoms with Gasteiger partial charge in [0.05, 0.1) is 29.8 Å². The van der Waals surface area contributed by atoms with E-state index in [0.717, 1.165) is 13.2 Å². The second-order valence-electron chi connectivity index (χ2n) is 9.52. The van der Waals surface area contributed by atoms with Crippen LogP contribution in [0.15, 0.2) is 54.6 Å². The van der Waals surface area contributed by atoms with Crippen LogP contribution in [0, 0.1) is 0 Å². The van der Waals surface area contributed by atoms with Crippen LogP contribution in [0.1, 0.15) is 6.92 Å². The summed E-state index contributed by atoms with van der Waals surface area (Å²) in [4.78, 5) is 58.4. The van der Waals surface area contributed by atoms with Crippen molar-refractivity contribution in [2.24, 2.45) is 0 Å². The number of aliphatic carboxylic acids is 2. The molecule has 0 unspecified atom stereocenters. The molecule has 0 spiro atoms. The lowest BCUT2D eigenvalue weighted by Crippen LogP contribution is -2.28. The Balaban J connectivity index is 1.87. The fourth-order valence-corrected chi connectivity index (χ4v) is 3.88. The fourth-order valence-electron chi connectivity index (χ4n) is 3.88. The topological polar surface area (TPSA) is 237 Å². The number of hydrogen-bond donors (Lipinski definition) is 3. The van der Waals surface area contributed by atoms with Crippen molar-refractivity contribution in [2.75, 3.05) is 33.5 Å². The molecular formula is C31H26N3O13-. The summed E-state index contributed by atoms with van der Waals surface area (Å²) in [7, 11) is 1.16. The molecule has 0 fully saturated rings. The molecule has 16 heteroatoms. The Labute approximate surface area is 265 Å². The maximum atomic E-state index is 11.9. The number of phenolic OH excluding ortho intramolecular Hbond substituents is 2. The van der Waals surface area contributed by atoms with Crippen LogP contribution in [0.25, 0.3) is 34.2 Å². The van der Waals surface area contributed by atoms with Crippen LogP contribution >= 0.6 is 0 Å². The van der Waals surface area contributed by atoms with E-state index in [1.807, 2.05) is 0 Å². The van der Waals surface area contributed by atoms with E-state index in [2.05, 4.69) is 19.7 Å². The number of benzene rings is 3. The molecule has 0 bridgehead atoms. The number of carbonyl (C=O) groups excluding carboxylic acids is 3. The molecule has 0 aliphatic heterocycles. The quantitative estimate of drug-likeness (QED) is 0.154. The Hall–Kier alpha value is -6.45. The van der Waals surface area contributed by atoms with Crippen molar-refractivity contribution in [3.63, 3.8) is 0 Å². The Kier molecular flexibility index (Phi) is 10.7. The van der Waals surface area contributed by atoms with Crippen LogP contribution in [0.5, 0.6) is 34.5 Å². The van der Waals surface area contributed by atoms with Crippen molar-refractivity contribution in [1.82, 2.24) is 15.0 Å². The smallest absolute Gasteiger partial charge is 0.343 e. The first kappa shape index (κ1) is 33.4. The number of ether oxygens (including phenoxy) is 5. The highest BCUT2D eigenvalue weighted by Crippen LogP contribution is 2.38. The van der Waals surface area contributed by atoms with E-state index in [1.165, 1.54) is 55.5 Å². The summed E-state index contributed by atoms with van der Waals surface area (Å²) in [5, 5.41) is 41.5. The molecule has 4 rings (SSSR count). The lowest BCUT2D eigenvalue weighted by atomic mass is 10.1. The Bertz CT molecular complexity index is 1740. The zero-order valence-electron chi connectivity index (χ0n) is 24.8. The number of esters is 1. The normalized spacial score (nSPS) is 10.5. The van der Waals surface area contributed by atoms with Crippen molar-refractivity contribution < 1.29 is 63.3 Å². The molecule has 244 valence electrons. The number of aromatic nitrogens is 3. The molecule has 3 aromatic carbocycles. The number of carboxylic acid groups (broad SMARTS) is 2. The van der Waals surface area contributed by atoms with Crippen molar-refractivity contribution in [3.8, 4) is 68.7 Å². The van der Waals surface area contributed by atoms with Crippen molar-refractivity contribution in [2.45, 2.75) is 6.92 Å². The largest absolute Gasteiger partial charge is 0.546 e. The average molecular weight is 649 g/mol. The number of carbonyl (C=O) groups is 4. The summed E-state index contributed by atoms with van der Waals surface area (Å²) in [6.07, 6.45) is 0. The number of phenols is 2. The van der Waals surface area contributed by atoms with Gasteiger partial charge >= 0.3 is 11.9 Å². The summed E-state index contributed by atoms with van der Waals surface area (Å²) < 4.78 is 25.9. The van der Waals surface area contributed by atoms with Crippen molar-refractivity contribution in [3.05, 3.63) is 54.6 Å². The summed E-state index contributed by atoms with van der Waals surface area (Å²) >= 11 is 0. The number of aromatic hydroxyl groups is 2. The van der Waals surface area contributed by atoms with Gasteiger partial charge in [0.2, 0.25) is 0 Å². The molecule has 0 atom stereocenters. The van der Waals surface area contributed by atoms with Gasteiger partial charge in [0.1, 0.15) is 47.7 Å². The zero-order chi connectivity index (χ0) is 34.1. The summed E-state index contributed by atoms with van der Waals surface area (Å²) in [6.45, 7) is -0.859. The predicted octanol–water partition coefficient (Wildman–Crippen LogP) is 1.40. The van der Waals surface area contributed by atoms with Gasteiger partial charge in [-0.2, -0.15) is 0 Å². The van der Waals surface area contributed by atoms with E-state index in [0.29, 0.717) is 0 Å². The highest BCUT2D eigenvalue weighted by atomic mass is 16.6. The molecule has 1 aromatic heterocycles. The van der Waals surface area contributed by atoms with Gasteiger partial charge < -0.3 is 48.9 Å². The third-order valence-electron chi connectivity index (χ3n) is 5.98. The maximum Gasteiger partial charge on any atom is 0.343 e. The number of ketones is 1. The molecule has 0 aliphatic rings. The fraction of sp³-hybridized carbons (Fsp3) is 0.194. The summed E-state index contributed by atoms with van der Waals surface area (Å²) in [5.74, 6) is -4.43. The van der Waals surface area contributed by atoms with E-state index < -0.39 is 37.7 Å². The Morgan fingerprint density at radius 2 is 1.13 bits per heavy atom. The molecule has 0 amide bonds. The Morgan fingerprint density at radius 3 is 1.60 bits per heavy atom. The monoisotopic (exact) mass is 648 g/mol. The van der Waals surface area contributed by atoms with Gasteiger partial charge in [-0.3, -0.25) is 4.79 Å². The number of Topliss-reactive ketones (excluding diaryl/α,β-unsaturated/α-hetero) is 1. The van der Waals surface area contributed by atoms with Gasteiger partial charge in [0, 0.05) is 18.2 Å². The van der Waals surface area contributed by atoms with E-state index in [-0.39, 0.29) is 81.1 Å². The average Bonchev–Trinajstić information content (AvgIpc) is 3.04. The van der Waals surface area contributed by atoms with Gasteiger partial charge in [-0.1, -0.05) is 0 Å². The lowest BCUT2D eigenvalue weighted by Gasteiger charge is -2.15. The molecule has 0 saturated heterocycles. The van der Waals surface area contributed by atoms with Gasteiger partial charge in [0.15, 0.2) is 36.5 Å². The van der Waals surface area contributed by atoms with Crippen LogP contribution in [-0.2, 0) is 23.9 Å². The first-order valence-corrected chi connectivity index (χ1v) is 13.5. The number of methoxy groups -OCH3 is 1. The lowest BCUT2D eigenvalue weighted by molar-refractivity contribution is -0.307. The van der Waals surface area contributed by atoms with Crippen LogP contribution in [-0.4, -0.2) is 87.5 Å². The maximum absolute atomic E-state index is 11.9. The van der Waals surface area contributed by atoms with Gasteiger partial charge in [0.25, 0.3) is 0 Å². The highest BCUT2D eigenvalue weighted by molar-refractivity contribution is 5.78. The van der Waals surface area contributed by atoms with E-state index in [9.17, 15) is 34.5 Å². The third kappa shape index (κ3) is 9.04. The van der Waals surface area contributed by atoms with Crippen molar-refractivity contribution >= 4 is 23.7 Å². The molecule has 47 heavy (non-hydrogen) atoms. The second-order valence-corrected chi connectivity index (χ2v) is 9.52. The summed E-state index contributed by atoms with van der Waals surface area (Å²) in [5.41, 5.74) is 0.308. The highest BCUT2D eigenvalue weighted by Gasteiger charge is 2.21. The molecule has 0 radical (unpaired) electrons. The number of carboxylic acids is 2. The van der Waals surface area contributed by atoms with Crippen LogP contribution in [0.2, 0.25) is 0 Å². The first-order chi connectivity index (χ1) is 22.4. The van der Waals surface area contributed by atoms with Gasteiger partial charge in [-0.15, -0.1) is 0 Å². The minimum Gasteiger partial charge on any atom is -0.546 e. The standard InChI is InChI=1S/C31H27N3O13/c1-16(35)12-44-17-3-6-20(23(36)9-17)29-32-30(21-7-4-18(10-24(21)37)45-13-26(38)39)34-31(33-29)22-8-5-19(46-14-27(40)41)11-25(22)47-15-28(42)43-2/h3-11,36-37H,12-15H2,1-2H3,(H,38,39)(H,40,41)/p-1. The second kappa shape index (κ2) is 15.0. The molecular weight excluding hydrogens is 622 g/mol. The van der Waals surface area contributed by atoms with Crippen LogP contribution in [0.4, 0.5) is 0 Å². The van der Waals surface area contributed by atoms with Crippen LogP contribution < -0.4 is 24.1 Å². The van der Waals surface area contributed by atoms with E-state index in [4.69, 9.17) is 24.1 Å². The number of nitrogens with zero attached hydrogens (tertiary/aromatic N) is 3. The molecule has 1 heterocycles. The number of rotatable bonds is 15. The first-order valence-electron chi connectivity index (χ1n) is 13.5. The molecule has 16 nitrogen and oxygen atoms in total. The molecule has 0 aliphatic carbocycles. The minimum atomic E-state index is -1.48. The molecule has 0 saturated carbocycles. The van der Waals surface area contributed by atoms with Gasteiger partial charge in [-0.25, -0.2) is 24.5 Å². The number of hydrogen-bond acceptors (Lipinski definition) is 15. The molecule has 4 aromatic rings. The Morgan fingerprint density at radius 1 is 0.660 bits per heavy atom. The minimum absolute atomic E-state index is 0.0341. The van der Waals surface area contributed by atoms with Crippen molar-refractivity contribution in [1.29, 1.82) is 0 Å². The van der Waals surface area contributed by atoms with E-state index in [1.54, 1.807) is 0 Å².